The summed E-state index contributed by atoms with van der Waals surface area (Å²) in [6.45, 7) is 0. The summed E-state index contributed by atoms with van der Waals surface area (Å²) >= 11 is 0. The quantitative estimate of drug-likeness (QED) is 0.758. The molecule has 13 heavy (non-hydrogen) atoms. The maximum atomic E-state index is 11.3. The van der Waals surface area contributed by atoms with Crippen LogP contribution in [0.1, 0.15) is 0 Å². The molecule has 0 heterocycles. The molecule has 0 fully saturated rings. The van der Waals surface area contributed by atoms with E-state index in [4.69, 9.17) is 7.26 Å². The minimum absolute atomic E-state index is 1.55. The average molecular weight is 250 g/mol. The van der Waals surface area contributed by atoms with Gasteiger partial charge < -0.3 is 0 Å². The summed E-state index contributed by atoms with van der Waals surface area (Å²) in [5.74, 6) is 0. The highest BCUT2D eigenvalue weighted by Gasteiger charge is 2.23. The van der Waals surface area contributed by atoms with Gasteiger partial charge in [0.15, 0.2) is 0 Å². The van der Waals surface area contributed by atoms with E-state index in [1.54, 1.807) is 37.5 Å². The van der Waals surface area contributed by atoms with Crippen molar-refractivity contribution in [2.24, 2.45) is 0 Å². The summed E-state index contributed by atoms with van der Waals surface area (Å²) in [6.07, 6.45) is 10.5. The molecule has 0 saturated carbocycles. The molecule has 0 rings (SSSR count). The van der Waals surface area contributed by atoms with E-state index in [-0.39, 0.29) is 0 Å². The summed E-state index contributed by atoms with van der Waals surface area (Å²) in [6, 6.07) is 0. The van der Waals surface area contributed by atoms with Crippen LogP contribution in [0.4, 0.5) is 0 Å². The summed E-state index contributed by atoms with van der Waals surface area (Å²) in [5.41, 5.74) is 0. The predicted molar refractivity (Wildman–Crippen MR) is 61.8 cm³/mol. The highest BCUT2D eigenvalue weighted by molar-refractivity contribution is 8.34. The molecule has 0 radical (unpaired) electrons. The van der Waals surface area contributed by atoms with E-state index in [9.17, 15) is 8.42 Å². The molecule has 0 aromatic carbocycles. The van der Waals surface area contributed by atoms with E-state index in [2.05, 4.69) is 0 Å². The zero-order valence-electron chi connectivity index (χ0n) is 8.86. The molecule has 0 atom stereocenters. The van der Waals surface area contributed by atoms with Gasteiger partial charge in [-0.05, 0) is 37.5 Å². The molecule has 0 aromatic rings. The Kier molecular flexibility index (Phi) is 4.15. The largest absolute Gasteiger partial charge is 0.418 e. The first-order chi connectivity index (χ1) is 5.41. The molecule has 0 saturated heterocycles. The Balaban J connectivity index is 4.46. The molecular weight excluding hydrogens is 232 g/mol. The molecule has 0 spiro atoms. The zero-order valence-corrected chi connectivity index (χ0v) is 11.3. The second-order valence-electron chi connectivity index (χ2n) is 3.99. The predicted octanol–water partition coefficient (Wildman–Crippen LogP) is 1.48. The average Bonchev–Trinajstić information content (AvgIpc) is 1.43. The fraction of sp³-hybridized carbons (Fsp3) is 1.00. The van der Waals surface area contributed by atoms with Crippen LogP contribution in [0.25, 0.3) is 0 Å². The van der Waals surface area contributed by atoms with Crippen LogP contribution in [0.15, 0.2) is 0 Å². The van der Waals surface area contributed by atoms with Crippen LogP contribution < -0.4 is 0 Å². The van der Waals surface area contributed by atoms with Crippen molar-refractivity contribution in [3.8, 4) is 0 Å². The fourth-order valence-corrected chi connectivity index (χ4v) is 4.81. The minimum Gasteiger partial charge on any atom is -0.198 e. The Morgan fingerprint density at radius 2 is 0.923 bits per heavy atom. The van der Waals surface area contributed by atoms with Gasteiger partial charge in [0.2, 0.25) is 0 Å². The molecule has 0 aliphatic heterocycles. The third-order valence-electron chi connectivity index (χ3n) is 0.575. The number of rotatable bonds is 4. The molecule has 0 N–H and O–H groups in total. The van der Waals surface area contributed by atoms with E-state index >= 15 is 0 Å². The monoisotopic (exact) mass is 250 g/mol. The van der Waals surface area contributed by atoms with Crippen molar-refractivity contribution in [3.05, 3.63) is 0 Å². The Morgan fingerprint density at radius 3 is 1.08 bits per heavy atom. The standard InChI is InChI=1S/C6H18O4S3/c1-11(2,3)9-13(7,8)10-12(4,5)6/h1-6H3. The molecule has 0 unspecified atom stereocenters. The van der Waals surface area contributed by atoms with Crippen molar-refractivity contribution in [2.45, 2.75) is 0 Å². The molecule has 0 bridgehead atoms. The smallest absolute Gasteiger partial charge is 0.198 e. The van der Waals surface area contributed by atoms with Gasteiger partial charge in [-0.15, -0.1) is 20.6 Å². The van der Waals surface area contributed by atoms with Crippen LogP contribution >= 0.6 is 20.6 Å². The second kappa shape index (κ2) is 3.98. The summed E-state index contributed by atoms with van der Waals surface area (Å²) in [5, 5.41) is 0. The van der Waals surface area contributed by atoms with Crippen LogP contribution in [0.5, 0.6) is 0 Å². The number of hydrogen-bond acceptors (Lipinski definition) is 4. The third kappa shape index (κ3) is 8.89. The van der Waals surface area contributed by atoms with Gasteiger partial charge in [-0.1, -0.05) is 0 Å². The normalized spacial score (nSPS) is 17.1. The third-order valence-corrected chi connectivity index (χ3v) is 5.17. The minimum atomic E-state index is -3.82. The molecule has 0 aliphatic rings. The van der Waals surface area contributed by atoms with Gasteiger partial charge in [0.1, 0.15) is 0 Å². The van der Waals surface area contributed by atoms with E-state index in [1.807, 2.05) is 0 Å². The van der Waals surface area contributed by atoms with E-state index in [1.165, 1.54) is 0 Å². The van der Waals surface area contributed by atoms with Crippen LogP contribution in [0.2, 0.25) is 0 Å². The van der Waals surface area contributed by atoms with Gasteiger partial charge in [-0.25, -0.2) is 0 Å². The van der Waals surface area contributed by atoms with Crippen molar-refractivity contribution in [1.29, 1.82) is 0 Å². The van der Waals surface area contributed by atoms with Crippen molar-refractivity contribution in [1.82, 2.24) is 0 Å². The Morgan fingerprint density at radius 1 is 0.692 bits per heavy atom. The number of hydrogen-bond donors (Lipinski definition) is 0. The van der Waals surface area contributed by atoms with Gasteiger partial charge in [0, 0.05) is 0 Å². The van der Waals surface area contributed by atoms with Crippen molar-refractivity contribution < 1.29 is 15.7 Å². The highest BCUT2D eigenvalue weighted by atomic mass is 32.4. The summed E-state index contributed by atoms with van der Waals surface area (Å²) in [7, 11) is -6.93. The van der Waals surface area contributed by atoms with Gasteiger partial charge in [0.05, 0.1) is 0 Å². The molecule has 84 valence electrons. The maximum Gasteiger partial charge on any atom is 0.418 e. The fourth-order valence-electron chi connectivity index (χ4n) is 0.511. The zero-order chi connectivity index (χ0) is 10.9. The highest BCUT2D eigenvalue weighted by Crippen LogP contribution is 2.44. The molecule has 0 aromatic heterocycles. The van der Waals surface area contributed by atoms with Crippen molar-refractivity contribution in [2.75, 3.05) is 37.5 Å². The van der Waals surface area contributed by atoms with Crippen LogP contribution in [0.3, 0.4) is 0 Å². The Bertz CT molecular complexity index is 235. The van der Waals surface area contributed by atoms with Gasteiger partial charge >= 0.3 is 10.4 Å². The first-order valence-corrected chi connectivity index (χ1v) is 10.3. The van der Waals surface area contributed by atoms with Crippen molar-refractivity contribution in [3.63, 3.8) is 0 Å². The van der Waals surface area contributed by atoms with E-state index in [0.29, 0.717) is 0 Å². The van der Waals surface area contributed by atoms with Gasteiger partial charge in [-0.3, -0.25) is 0 Å². The topological polar surface area (TPSA) is 52.6 Å². The molecule has 0 aliphatic carbocycles. The van der Waals surface area contributed by atoms with E-state index < -0.39 is 31.0 Å². The molecule has 7 heteroatoms. The summed E-state index contributed by atoms with van der Waals surface area (Å²) < 4.78 is 32.2. The van der Waals surface area contributed by atoms with Gasteiger partial charge in [0.25, 0.3) is 0 Å². The summed E-state index contributed by atoms with van der Waals surface area (Å²) in [4.78, 5) is 0. The van der Waals surface area contributed by atoms with Gasteiger partial charge in [-0.2, -0.15) is 15.7 Å². The molecule has 0 amide bonds. The Hall–Kier alpha value is 0.570. The molecule has 4 nitrogen and oxygen atoms in total. The van der Waals surface area contributed by atoms with Crippen LogP contribution in [-0.4, -0.2) is 46.0 Å². The van der Waals surface area contributed by atoms with E-state index in [0.717, 1.165) is 0 Å². The van der Waals surface area contributed by atoms with Crippen LogP contribution in [-0.2, 0) is 17.7 Å². The lowest BCUT2D eigenvalue weighted by Gasteiger charge is -2.28. The van der Waals surface area contributed by atoms with Crippen molar-refractivity contribution >= 4 is 31.0 Å². The second-order valence-corrected chi connectivity index (χ2v) is 12.8. The Labute approximate surface area is 84.4 Å². The first kappa shape index (κ1) is 13.6. The lowest BCUT2D eigenvalue weighted by atomic mass is 11.9. The van der Waals surface area contributed by atoms with Crippen LogP contribution in [0, 0.1) is 0 Å². The lowest BCUT2D eigenvalue weighted by Crippen LogP contribution is -2.14. The lowest BCUT2D eigenvalue weighted by molar-refractivity contribution is 0.429. The first-order valence-electron chi connectivity index (χ1n) is 3.45. The SMILES string of the molecule is CS(C)(C)OS(=O)(=O)OS(C)(C)C. The molecular formula is C6H18O4S3. The maximum absolute atomic E-state index is 11.3.